The van der Waals surface area contributed by atoms with E-state index in [4.69, 9.17) is 0 Å². The van der Waals surface area contributed by atoms with E-state index in [-0.39, 0.29) is 5.91 Å². The number of halogens is 1. The summed E-state index contributed by atoms with van der Waals surface area (Å²) in [5.41, 5.74) is 2.86. The first-order valence-corrected chi connectivity index (χ1v) is 9.90. The molecule has 1 amide bonds. The fourth-order valence-electron chi connectivity index (χ4n) is 3.36. The average molecular weight is 425 g/mol. The van der Waals surface area contributed by atoms with Gasteiger partial charge in [0.2, 0.25) is 0 Å². The molecule has 0 saturated carbocycles. The molecule has 1 aromatic heterocycles. The number of carbonyl (C=O) groups is 1. The quantitative estimate of drug-likeness (QED) is 0.685. The third-order valence-electron chi connectivity index (χ3n) is 4.85. The molecule has 27 heavy (non-hydrogen) atoms. The number of hydrogen-bond acceptors (Lipinski definition) is 3. The molecule has 0 bridgehead atoms. The van der Waals surface area contributed by atoms with Crippen LogP contribution < -0.4 is 4.90 Å². The lowest BCUT2D eigenvalue weighted by Gasteiger charge is -2.22. The number of amides is 1. The minimum atomic E-state index is 0.107. The maximum atomic E-state index is 12.7. The molecule has 4 rings (SSSR count). The smallest absolute Gasteiger partial charge is 0.253 e. The van der Waals surface area contributed by atoms with Crippen LogP contribution in [0.5, 0.6) is 0 Å². The van der Waals surface area contributed by atoms with Gasteiger partial charge < -0.3 is 9.80 Å². The molecule has 2 heterocycles. The second-order valence-corrected chi connectivity index (χ2v) is 7.56. The Morgan fingerprint density at radius 3 is 2.52 bits per heavy atom. The van der Waals surface area contributed by atoms with Crippen molar-refractivity contribution in [3.8, 4) is 11.3 Å². The van der Waals surface area contributed by atoms with Crippen molar-refractivity contribution in [2.75, 3.05) is 31.1 Å². The average Bonchev–Trinajstić information content (AvgIpc) is 3.07. The van der Waals surface area contributed by atoms with Crippen molar-refractivity contribution in [3.05, 3.63) is 70.7 Å². The van der Waals surface area contributed by atoms with Gasteiger partial charge in [-0.2, -0.15) is 5.10 Å². The van der Waals surface area contributed by atoms with Crippen molar-refractivity contribution in [3.63, 3.8) is 0 Å². The monoisotopic (exact) mass is 424 g/mol. The largest absolute Gasteiger partial charge is 0.353 e. The van der Waals surface area contributed by atoms with Crippen molar-refractivity contribution >= 4 is 27.7 Å². The van der Waals surface area contributed by atoms with Gasteiger partial charge in [0.1, 0.15) is 0 Å². The third kappa shape index (κ3) is 4.06. The predicted molar refractivity (Wildman–Crippen MR) is 111 cm³/mol. The van der Waals surface area contributed by atoms with Crippen LogP contribution in [-0.2, 0) is 0 Å². The van der Waals surface area contributed by atoms with E-state index in [9.17, 15) is 4.79 Å². The zero-order chi connectivity index (χ0) is 18.6. The molecular formula is C21H21BrN4O. The summed E-state index contributed by atoms with van der Waals surface area (Å²) in [6.07, 6.45) is 0.930. The molecule has 0 spiro atoms. The highest BCUT2D eigenvalue weighted by molar-refractivity contribution is 9.10. The number of H-pyrrole nitrogens is 1. The summed E-state index contributed by atoms with van der Waals surface area (Å²) >= 11 is 3.46. The lowest BCUT2D eigenvalue weighted by molar-refractivity contribution is 0.0767. The van der Waals surface area contributed by atoms with E-state index < -0.39 is 0 Å². The number of rotatable bonds is 3. The zero-order valence-electron chi connectivity index (χ0n) is 14.9. The number of aromatic amines is 1. The summed E-state index contributed by atoms with van der Waals surface area (Å²) in [6.45, 7) is 3.15. The Hall–Kier alpha value is -2.60. The molecule has 0 atom stereocenters. The van der Waals surface area contributed by atoms with Gasteiger partial charge in [-0.25, -0.2) is 0 Å². The van der Waals surface area contributed by atoms with Gasteiger partial charge in [0.05, 0.1) is 5.69 Å². The Bertz CT molecular complexity index is 907. The Labute approximate surface area is 167 Å². The molecule has 0 unspecified atom stereocenters. The molecule has 1 fully saturated rings. The first kappa shape index (κ1) is 17.8. The maximum absolute atomic E-state index is 12.7. The summed E-state index contributed by atoms with van der Waals surface area (Å²) in [5.74, 6) is 1.04. The van der Waals surface area contributed by atoms with E-state index in [0.717, 1.165) is 53.2 Å². The van der Waals surface area contributed by atoms with Crippen LogP contribution in [0.4, 0.5) is 5.82 Å². The number of nitrogens with zero attached hydrogens (tertiary/aromatic N) is 3. The molecule has 3 aromatic rings. The van der Waals surface area contributed by atoms with Crippen molar-refractivity contribution in [1.29, 1.82) is 0 Å². The highest BCUT2D eigenvalue weighted by Gasteiger charge is 2.21. The molecule has 1 saturated heterocycles. The number of hydrogen-bond donors (Lipinski definition) is 1. The Kier molecular flexibility index (Phi) is 5.25. The van der Waals surface area contributed by atoms with Crippen molar-refractivity contribution in [2.45, 2.75) is 6.42 Å². The number of benzene rings is 2. The van der Waals surface area contributed by atoms with Crippen molar-refractivity contribution in [2.24, 2.45) is 0 Å². The van der Waals surface area contributed by atoms with Gasteiger partial charge in [0.15, 0.2) is 5.82 Å². The maximum Gasteiger partial charge on any atom is 0.253 e. The fourth-order valence-corrected chi connectivity index (χ4v) is 3.63. The Morgan fingerprint density at radius 1 is 0.963 bits per heavy atom. The lowest BCUT2D eigenvalue weighted by Crippen LogP contribution is -2.35. The van der Waals surface area contributed by atoms with E-state index >= 15 is 0 Å². The zero-order valence-corrected chi connectivity index (χ0v) is 16.5. The van der Waals surface area contributed by atoms with E-state index in [1.54, 1.807) is 0 Å². The van der Waals surface area contributed by atoms with Crippen LogP contribution in [0.15, 0.2) is 65.1 Å². The SMILES string of the molecule is O=C(c1ccccc1)N1CCCN(c2cc(-c3ccc(Br)cc3)[nH]n2)CC1. The van der Waals surface area contributed by atoms with Gasteiger partial charge in [-0.15, -0.1) is 0 Å². The van der Waals surface area contributed by atoms with E-state index in [2.05, 4.69) is 49.2 Å². The number of nitrogens with one attached hydrogen (secondary N) is 1. The molecule has 1 N–H and O–H groups in total. The third-order valence-corrected chi connectivity index (χ3v) is 5.38. The molecule has 1 aliphatic rings. The molecule has 2 aromatic carbocycles. The normalized spacial score (nSPS) is 14.9. The van der Waals surface area contributed by atoms with Crippen LogP contribution in [-0.4, -0.2) is 47.2 Å². The standard InChI is InChI=1S/C21H21BrN4O/c22-18-9-7-16(8-10-18)19-15-20(24-23-19)25-11-4-12-26(14-13-25)21(27)17-5-2-1-3-6-17/h1-3,5-10,15H,4,11-14H2,(H,23,24). The molecule has 5 nitrogen and oxygen atoms in total. The summed E-state index contributed by atoms with van der Waals surface area (Å²) < 4.78 is 1.06. The van der Waals surface area contributed by atoms with E-state index in [1.165, 1.54) is 0 Å². The number of anilines is 1. The Morgan fingerprint density at radius 2 is 1.74 bits per heavy atom. The molecule has 0 aliphatic carbocycles. The van der Waals surface area contributed by atoms with Gasteiger partial charge in [-0.05, 0) is 36.2 Å². The van der Waals surface area contributed by atoms with Gasteiger partial charge >= 0.3 is 0 Å². The topological polar surface area (TPSA) is 52.2 Å². The van der Waals surface area contributed by atoms with E-state index in [0.29, 0.717) is 6.54 Å². The first-order chi connectivity index (χ1) is 13.2. The Balaban J connectivity index is 1.44. The predicted octanol–water partition coefficient (Wildman–Crippen LogP) is 4.19. The van der Waals surface area contributed by atoms with Gasteiger partial charge in [0, 0.05) is 42.3 Å². The first-order valence-electron chi connectivity index (χ1n) is 9.11. The molecular weight excluding hydrogens is 404 g/mol. The summed E-state index contributed by atoms with van der Waals surface area (Å²) in [6, 6.07) is 19.7. The highest BCUT2D eigenvalue weighted by Crippen LogP contribution is 2.24. The van der Waals surface area contributed by atoms with Crippen molar-refractivity contribution in [1.82, 2.24) is 15.1 Å². The molecule has 138 valence electrons. The second kappa shape index (κ2) is 7.96. The summed E-state index contributed by atoms with van der Waals surface area (Å²) in [4.78, 5) is 16.9. The van der Waals surface area contributed by atoms with Crippen molar-refractivity contribution < 1.29 is 4.79 Å². The molecule has 6 heteroatoms. The van der Waals surface area contributed by atoms with Crippen LogP contribution in [0.2, 0.25) is 0 Å². The van der Waals surface area contributed by atoms with E-state index in [1.807, 2.05) is 47.4 Å². The minimum Gasteiger partial charge on any atom is -0.353 e. The minimum absolute atomic E-state index is 0.107. The van der Waals surface area contributed by atoms with Crippen LogP contribution in [0.3, 0.4) is 0 Å². The lowest BCUT2D eigenvalue weighted by atomic mass is 10.1. The van der Waals surface area contributed by atoms with Gasteiger partial charge in [-0.1, -0.05) is 46.3 Å². The molecule has 0 radical (unpaired) electrons. The molecule has 1 aliphatic heterocycles. The number of carbonyl (C=O) groups excluding carboxylic acids is 1. The van der Waals surface area contributed by atoms with Crippen LogP contribution in [0.1, 0.15) is 16.8 Å². The fraction of sp³-hybridized carbons (Fsp3) is 0.238. The van der Waals surface area contributed by atoms with Crippen LogP contribution in [0.25, 0.3) is 11.3 Å². The van der Waals surface area contributed by atoms with Crippen LogP contribution >= 0.6 is 15.9 Å². The van der Waals surface area contributed by atoms with Gasteiger partial charge in [0.25, 0.3) is 5.91 Å². The van der Waals surface area contributed by atoms with Crippen LogP contribution in [0, 0.1) is 0 Å². The second-order valence-electron chi connectivity index (χ2n) is 6.65. The van der Waals surface area contributed by atoms with Gasteiger partial charge in [-0.3, -0.25) is 9.89 Å². The highest BCUT2D eigenvalue weighted by atomic mass is 79.9. The number of aromatic nitrogens is 2. The summed E-state index contributed by atoms with van der Waals surface area (Å²) in [5, 5.41) is 7.63. The summed E-state index contributed by atoms with van der Waals surface area (Å²) in [7, 11) is 0.